The Balaban J connectivity index is 1.35. The van der Waals surface area contributed by atoms with Crippen molar-refractivity contribution in [3.8, 4) is 28.9 Å². The Morgan fingerprint density at radius 1 is 1.16 bits per heavy atom. The number of carbonyl (C=O) groups excluding carboxylic acids is 1. The molecule has 8 nitrogen and oxygen atoms in total. The lowest BCUT2D eigenvalue weighted by Gasteiger charge is -2.46. The maximum atomic E-state index is 12.9. The van der Waals surface area contributed by atoms with E-state index in [2.05, 4.69) is 28.1 Å². The summed E-state index contributed by atoms with van der Waals surface area (Å²) in [7, 11) is 2.11. The molecule has 1 aromatic carbocycles. The number of likely N-dealkylation sites (tertiary alicyclic amines) is 2. The molecule has 0 radical (unpaired) electrons. The van der Waals surface area contributed by atoms with Crippen molar-refractivity contribution in [2.24, 2.45) is 5.41 Å². The minimum absolute atomic E-state index is 0.00550. The van der Waals surface area contributed by atoms with Gasteiger partial charge in [-0.15, -0.1) is 0 Å². The molecule has 0 aliphatic carbocycles. The van der Waals surface area contributed by atoms with E-state index in [-0.39, 0.29) is 17.2 Å². The second kappa shape index (κ2) is 7.46. The summed E-state index contributed by atoms with van der Waals surface area (Å²) in [6.45, 7) is 5.56. The van der Waals surface area contributed by atoms with E-state index in [1.807, 2.05) is 11.8 Å². The van der Waals surface area contributed by atoms with Gasteiger partial charge in [0.15, 0.2) is 5.82 Å². The summed E-state index contributed by atoms with van der Waals surface area (Å²) < 4.78 is 1.34. The molecule has 3 aromatic rings. The van der Waals surface area contributed by atoms with E-state index in [4.69, 9.17) is 5.26 Å². The van der Waals surface area contributed by atoms with Crippen LogP contribution in [0, 0.1) is 23.7 Å². The molecular formula is C24H24N6O2. The fourth-order valence-electron chi connectivity index (χ4n) is 5.02. The predicted octanol–water partition coefficient (Wildman–Crippen LogP) is 2.60. The van der Waals surface area contributed by atoms with E-state index in [0.717, 1.165) is 43.7 Å². The van der Waals surface area contributed by atoms with Crippen LogP contribution in [0.15, 0.2) is 42.7 Å². The van der Waals surface area contributed by atoms with Gasteiger partial charge in [-0.1, -0.05) is 6.07 Å². The largest absolute Gasteiger partial charge is 0.493 e. The first-order valence-electron chi connectivity index (χ1n) is 10.6. The van der Waals surface area contributed by atoms with Gasteiger partial charge in [0.25, 0.3) is 5.91 Å². The van der Waals surface area contributed by atoms with Crippen molar-refractivity contribution in [1.29, 1.82) is 5.26 Å². The number of nitriles is 1. The number of hydrogen-bond acceptors (Lipinski definition) is 6. The first kappa shape index (κ1) is 20.2. The smallest absolute Gasteiger partial charge is 0.255 e. The van der Waals surface area contributed by atoms with Crippen LogP contribution in [0.4, 0.5) is 0 Å². The van der Waals surface area contributed by atoms with Crippen LogP contribution in [0.5, 0.6) is 5.88 Å². The maximum Gasteiger partial charge on any atom is 0.255 e. The summed E-state index contributed by atoms with van der Waals surface area (Å²) in [5.41, 5.74) is 3.58. The van der Waals surface area contributed by atoms with Gasteiger partial charge >= 0.3 is 0 Å². The number of rotatable bonds is 3. The molecule has 32 heavy (non-hydrogen) atoms. The zero-order chi connectivity index (χ0) is 22.5. The van der Waals surface area contributed by atoms with Gasteiger partial charge in [0.05, 0.1) is 29.0 Å². The second-order valence-corrected chi connectivity index (χ2v) is 8.99. The lowest BCUT2D eigenvalue weighted by molar-refractivity contribution is 0.0294. The standard InChI is InChI=1S/C24H24N6O2/c1-16-9-17(10-25)3-5-19(16)20-12-27-30(23(20)32)21-6-4-18(11-26-21)22(31)29-8-7-24(15-29)13-28(2)14-24/h3-6,9,11-12,32H,7-8,13-15H2,1-2H3. The molecule has 4 heterocycles. The SMILES string of the molecule is Cc1cc(C#N)ccc1-c1cnn(-c2ccc(C(=O)N3CCC4(CN(C)C4)C3)cn2)c1O. The van der Waals surface area contributed by atoms with Crippen LogP contribution in [0.2, 0.25) is 0 Å². The Morgan fingerprint density at radius 3 is 2.62 bits per heavy atom. The van der Waals surface area contributed by atoms with Gasteiger partial charge in [-0.3, -0.25) is 4.79 Å². The van der Waals surface area contributed by atoms with Crippen LogP contribution < -0.4 is 0 Å². The van der Waals surface area contributed by atoms with E-state index in [9.17, 15) is 9.90 Å². The molecule has 1 spiro atoms. The number of carbonyl (C=O) groups is 1. The summed E-state index contributed by atoms with van der Waals surface area (Å²) in [6.07, 6.45) is 4.17. The number of aromatic hydroxyl groups is 1. The quantitative estimate of drug-likeness (QED) is 0.689. The second-order valence-electron chi connectivity index (χ2n) is 8.99. The summed E-state index contributed by atoms with van der Waals surface area (Å²) in [5, 5.41) is 24.1. The molecule has 0 atom stereocenters. The number of hydrogen-bond donors (Lipinski definition) is 1. The Labute approximate surface area is 186 Å². The number of aromatic nitrogens is 3. The Bertz CT molecular complexity index is 1230. The van der Waals surface area contributed by atoms with Crippen molar-refractivity contribution in [3.63, 3.8) is 0 Å². The van der Waals surface area contributed by atoms with E-state index in [1.54, 1.807) is 42.7 Å². The third-order valence-electron chi connectivity index (χ3n) is 6.54. The molecule has 0 saturated carbocycles. The highest BCUT2D eigenvalue weighted by Crippen LogP contribution is 2.39. The third-order valence-corrected chi connectivity index (χ3v) is 6.54. The van der Waals surface area contributed by atoms with Crippen molar-refractivity contribution in [1.82, 2.24) is 24.6 Å². The fraction of sp³-hybridized carbons (Fsp3) is 0.333. The summed E-state index contributed by atoms with van der Waals surface area (Å²) in [6, 6.07) is 10.8. The number of pyridine rings is 1. The van der Waals surface area contributed by atoms with Gasteiger partial charge in [-0.2, -0.15) is 15.0 Å². The molecule has 2 fully saturated rings. The maximum absolute atomic E-state index is 12.9. The average molecular weight is 428 g/mol. The monoisotopic (exact) mass is 428 g/mol. The van der Waals surface area contributed by atoms with Gasteiger partial charge in [-0.05, 0) is 55.8 Å². The first-order chi connectivity index (χ1) is 15.4. The molecule has 2 aliphatic heterocycles. The number of aryl methyl sites for hydroxylation is 1. The van der Waals surface area contributed by atoms with Gasteiger partial charge in [0.2, 0.25) is 5.88 Å². The highest BCUT2D eigenvalue weighted by atomic mass is 16.3. The average Bonchev–Trinajstić information content (AvgIpc) is 3.38. The number of amides is 1. The van der Waals surface area contributed by atoms with Crippen molar-refractivity contribution < 1.29 is 9.90 Å². The molecular weight excluding hydrogens is 404 g/mol. The minimum atomic E-state index is -0.0417. The molecule has 2 saturated heterocycles. The molecule has 0 unspecified atom stereocenters. The Hall–Kier alpha value is -3.70. The van der Waals surface area contributed by atoms with Gasteiger partial charge < -0.3 is 14.9 Å². The first-order valence-corrected chi connectivity index (χ1v) is 10.6. The zero-order valence-electron chi connectivity index (χ0n) is 18.1. The highest BCUT2D eigenvalue weighted by molar-refractivity contribution is 5.94. The third kappa shape index (κ3) is 3.31. The fourth-order valence-corrected chi connectivity index (χ4v) is 5.02. The highest BCUT2D eigenvalue weighted by Gasteiger charge is 2.47. The van der Waals surface area contributed by atoms with Gasteiger partial charge in [0, 0.05) is 37.8 Å². The lowest BCUT2D eigenvalue weighted by Crippen LogP contribution is -2.55. The van der Waals surface area contributed by atoms with E-state index in [0.29, 0.717) is 22.5 Å². The van der Waals surface area contributed by atoms with Crippen LogP contribution in [0.3, 0.4) is 0 Å². The van der Waals surface area contributed by atoms with Crippen LogP contribution in [-0.2, 0) is 0 Å². The van der Waals surface area contributed by atoms with Gasteiger partial charge in [0.1, 0.15) is 0 Å². The van der Waals surface area contributed by atoms with Crippen molar-refractivity contribution >= 4 is 5.91 Å². The molecule has 0 bridgehead atoms. The predicted molar refractivity (Wildman–Crippen MR) is 118 cm³/mol. The van der Waals surface area contributed by atoms with Crippen LogP contribution in [-0.4, -0.2) is 68.8 Å². The van der Waals surface area contributed by atoms with Crippen molar-refractivity contribution in [3.05, 3.63) is 59.4 Å². The molecule has 162 valence electrons. The van der Waals surface area contributed by atoms with Crippen LogP contribution in [0.1, 0.15) is 27.9 Å². The number of benzene rings is 1. The molecule has 8 heteroatoms. The zero-order valence-corrected chi connectivity index (χ0v) is 18.1. The lowest BCUT2D eigenvalue weighted by atomic mass is 9.79. The normalized spacial score (nSPS) is 17.3. The Kier molecular flexibility index (Phi) is 4.72. The van der Waals surface area contributed by atoms with E-state index in [1.165, 1.54) is 4.68 Å². The van der Waals surface area contributed by atoms with E-state index >= 15 is 0 Å². The molecule has 5 rings (SSSR count). The summed E-state index contributed by atoms with van der Waals surface area (Å²) >= 11 is 0. The van der Waals surface area contributed by atoms with Gasteiger partial charge in [-0.25, -0.2) is 4.98 Å². The molecule has 1 amide bonds. The topological polar surface area (TPSA) is 98.3 Å². The summed E-state index contributed by atoms with van der Waals surface area (Å²) in [5.74, 6) is 0.379. The molecule has 2 aliphatic rings. The van der Waals surface area contributed by atoms with Crippen LogP contribution >= 0.6 is 0 Å². The minimum Gasteiger partial charge on any atom is -0.493 e. The molecule has 2 aromatic heterocycles. The van der Waals surface area contributed by atoms with E-state index < -0.39 is 0 Å². The van der Waals surface area contributed by atoms with Crippen LogP contribution in [0.25, 0.3) is 16.9 Å². The number of nitrogens with zero attached hydrogens (tertiary/aromatic N) is 6. The summed E-state index contributed by atoms with van der Waals surface area (Å²) in [4.78, 5) is 21.5. The van der Waals surface area contributed by atoms with Crippen molar-refractivity contribution in [2.75, 3.05) is 33.2 Å². The Morgan fingerprint density at radius 2 is 1.97 bits per heavy atom. The molecule has 1 N–H and O–H groups in total. The van der Waals surface area contributed by atoms with Crippen molar-refractivity contribution in [2.45, 2.75) is 13.3 Å².